The Bertz CT molecular complexity index is 359. The number of carbonyl (C=O) groups excluding carboxylic acids is 1. The molecule has 0 bridgehead atoms. The first-order valence-corrected chi connectivity index (χ1v) is 10.4. The zero-order valence-electron chi connectivity index (χ0n) is 13.2. The van der Waals surface area contributed by atoms with Crippen molar-refractivity contribution in [1.29, 1.82) is 0 Å². The molecule has 1 saturated heterocycles. The minimum atomic E-state index is -1.72. The topological polar surface area (TPSA) is 35.5 Å². The predicted molar refractivity (Wildman–Crippen MR) is 78.5 cm³/mol. The second-order valence-electron chi connectivity index (χ2n) is 7.86. The van der Waals surface area contributed by atoms with Gasteiger partial charge in [-0.05, 0) is 36.9 Å². The lowest BCUT2D eigenvalue weighted by atomic mass is 9.78. The smallest absolute Gasteiger partial charge is 0.306 e. The highest BCUT2D eigenvalue weighted by Crippen LogP contribution is 2.43. The van der Waals surface area contributed by atoms with Crippen LogP contribution < -0.4 is 0 Å². The molecule has 3 nitrogen and oxygen atoms in total. The Balaban J connectivity index is 2.03. The number of carbonyl (C=O) groups is 1. The first-order chi connectivity index (χ1) is 8.60. The van der Waals surface area contributed by atoms with Crippen LogP contribution in [0.2, 0.25) is 18.1 Å². The van der Waals surface area contributed by atoms with E-state index in [1.807, 2.05) is 0 Å². The van der Waals surface area contributed by atoms with E-state index < -0.39 is 8.32 Å². The summed E-state index contributed by atoms with van der Waals surface area (Å²) in [5, 5.41) is 0.242. The standard InChI is InChI=1S/C15H28O3Si/c1-10-7-13-11(9-14(16)17-13)8-12(10)18-19(5,6)15(2,3)4/h10-13H,7-9H2,1-6H3/t10?,11?,12-,13?/m0/s1. The quantitative estimate of drug-likeness (QED) is 0.572. The van der Waals surface area contributed by atoms with Crippen molar-refractivity contribution in [2.75, 3.05) is 0 Å². The molecule has 0 amide bonds. The molecular weight excluding hydrogens is 256 g/mol. The van der Waals surface area contributed by atoms with E-state index in [2.05, 4.69) is 40.8 Å². The maximum absolute atomic E-state index is 11.4. The molecule has 0 N–H and O–H groups in total. The first-order valence-electron chi connectivity index (χ1n) is 7.47. The van der Waals surface area contributed by atoms with Gasteiger partial charge in [0.05, 0.1) is 6.42 Å². The van der Waals surface area contributed by atoms with Gasteiger partial charge in [-0.25, -0.2) is 0 Å². The van der Waals surface area contributed by atoms with Crippen molar-refractivity contribution in [3.8, 4) is 0 Å². The molecule has 19 heavy (non-hydrogen) atoms. The number of fused-ring (bicyclic) bond motifs is 1. The van der Waals surface area contributed by atoms with Crippen molar-refractivity contribution in [2.24, 2.45) is 11.8 Å². The van der Waals surface area contributed by atoms with Crippen molar-refractivity contribution < 1.29 is 14.0 Å². The third-order valence-electron chi connectivity index (χ3n) is 5.26. The van der Waals surface area contributed by atoms with Crippen LogP contribution in [-0.4, -0.2) is 26.5 Å². The summed E-state index contributed by atoms with van der Waals surface area (Å²) in [5.41, 5.74) is 0. The molecule has 0 aromatic heterocycles. The van der Waals surface area contributed by atoms with Gasteiger partial charge < -0.3 is 9.16 Å². The van der Waals surface area contributed by atoms with Crippen LogP contribution in [0.3, 0.4) is 0 Å². The van der Waals surface area contributed by atoms with Crippen LogP contribution in [0.4, 0.5) is 0 Å². The molecular formula is C15H28O3Si. The van der Waals surface area contributed by atoms with Gasteiger partial charge in [0, 0.05) is 12.0 Å². The van der Waals surface area contributed by atoms with Crippen LogP contribution in [0.1, 0.15) is 47.0 Å². The van der Waals surface area contributed by atoms with Crippen molar-refractivity contribution in [2.45, 2.75) is 77.3 Å². The van der Waals surface area contributed by atoms with E-state index >= 15 is 0 Å². The molecule has 0 spiro atoms. The highest BCUT2D eigenvalue weighted by Gasteiger charge is 2.46. The molecule has 0 aromatic rings. The summed E-state index contributed by atoms with van der Waals surface area (Å²) >= 11 is 0. The minimum absolute atomic E-state index is 0.0184. The van der Waals surface area contributed by atoms with E-state index in [1.165, 1.54) is 0 Å². The molecule has 0 aromatic carbocycles. The average molecular weight is 284 g/mol. The van der Waals surface area contributed by atoms with Crippen LogP contribution in [0.5, 0.6) is 0 Å². The highest BCUT2D eigenvalue weighted by atomic mass is 28.4. The van der Waals surface area contributed by atoms with E-state index in [0.717, 1.165) is 12.8 Å². The lowest BCUT2D eigenvalue weighted by molar-refractivity contribution is -0.143. The fraction of sp³-hybridized carbons (Fsp3) is 0.933. The predicted octanol–water partition coefficient (Wildman–Crippen LogP) is 3.74. The Morgan fingerprint density at radius 1 is 1.26 bits per heavy atom. The number of ether oxygens (including phenoxy) is 1. The lowest BCUT2D eigenvalue weighted by Crippen LogP contribution is -2.48. The maximum atomic E-state index is 11.4. The highest BCUT2D eigenvalue weighted by molar-refractivity contribution is 6.74. The third-order valence-corrected chi connectivity index (χ3v) is 9.77. The van der Waals surface area contributed by atoms with Crippen molar-refractivity contribution >= 4 is 14.3 Å². The van der Waals surface area contributed by atoms with Crippen molar-refractivity contribution in [3.05, 3.63) is 0 Å². The monoisotopic (exact) mass is 284 g/mol. The Labute approximate surface area is 118 Å². The molecule has 2 fully saturated rings. The van der Waals surface area contributed by atoms with Gasteiger partial charge in [0.25, 0.3) is 0 Å². The maximum Gasteiger partial charge on any atom is 0.306 e. The Hall–Kier alpha value is -0.353. The molecule has 0 radical (unpaired) electrons. The molecule has 2 rings (SSSR count). The SMILES string of the molecule is CC1CC2OC(=O)CC2C[C@@H]1O[Si](C)(C)C(C)(C)C. The second-order valence-corrected chi connectivity index (χ2v) is 12.6. The van der Waals surface area contributed by atoms with E-state index in [4.69, 9.17) is 9.16 Å². The van der Waals surface area contributed by atoms with Crippen molar-refractivity contribution in [1.82, 2.24) is 0 Å². The van der Waals surface area contributed by atoms with Gasteiger partial charge in [0.1, 0.15) is 6.10 Å². The minimum Gasteiger partial charge on any atom is -0.462 e. The molecule has 110 valence electrons. The molecule has 4 heteroatoms. The fourth-order valence-corrected chi connectivity index (χ4v) is 4.34. The Morgan fingerprint density at radius 3 is 2.47 bits per heavy atom. The van der Waals surface area contributed by atoms with E-state index in [0.29, 0.717) is 24.4 Å². The molecule has 3 unspecified atom stereocenters. The van der Waals surface area contributed by atoms with Crippen LogP contribution in [0.15, 0.2) is 0 Å². The molecule has 1 heterocycles. The fourth-order valence-electron chi connectivity index (χ4n) is 2.90. The number of rotatable bonds is 2. The number of esters is 1. The summed E-state index contributed by atoms with van der Waals surface area (Å²) in [5.74, 6) is 0.856. The molecule has 1 aliphatic heterocycles. The average Bonchev–Trinajstić information content (AvgIpc) is 2.55. The lowest BCUT2D eigenvalue weighted by Gasteiger charge is -2.44. The van der Waals surface area contributed by atoms with Crippen LogP contribution in [-0.2, 0) is 14.0 Å². The summed E-state index contributed by atoms with van der Waals surface area (Å²) in [7, 11) is -1.72. The summed E-state index contributed by atoms with van der Waals surface area (Å²) in [6, 6.07) is 0. The van der Waals surface area contributed by atoms with E-state index in [-0.39, 0.29) is 17.1 Å². The zero-order valence-corrected chi connectivity index (χ0v) is 14.2. The van der Waals surface area contributed by atoms with Gasteiger partial charge in [-0.3, -0.25) is 4.79 Å². The van der Waals surface area contributed by atoms with Gasteiger partial charge in [0.15, 0.2) is 8.32 Å². The Kier molecular flexibility index (Phi) is 3.87. The molecule has 1 aliphatic carbocycles. The van der Waals surface area contributed by atoms with Gasteiger partial charge in [-0.15, -0.1) is 0 Å². The van der Waals surface area contributed by atoms with Crippen LogP contribution >= 0.6 is 0 Å². The zero-order chi connectivity index (χ0) is 14.4. The number of hydrogen-bond donors (Lipinski definition) is 0. The van der Waals surface area contributed by atoms with Gasteiger partial charge >= 0.3 is 5.97 Å². The summed E-state index contributed by atoms with van der Waals surface area (Å²) in [6.07, 6.45) is 3.01. The number of hydrogen-bond acceptors (Lipinski definition) is 3. The van der Waals surface area contributed by atoms with Gasteiger partial charge in [0.2, 0.25) is 0 Å². The summed E-state index contributed by atoms with van der Waals surface area (Å²) < 4.78 is 12.0. The van der Waals surface area contributed by atoms with Crippen LogP contribution in [0, 0.1) is 11.8 Å². The normalized spacial score (nSPS) is 36.0. The second kappa shape index (κ2) is 4.88. The molecule has 2 aliphatic rings. The first kappa shape index (κ1) is 15.0. The molecule has 4 atom stereocenters. The van der Waals surface area contributed by atoms with Crippen molar-refractivity contribution in [3.63, 3.8) is 0 Å². The Morgan fingerprint density at radius 2 is 1.89 bits per heavy atom. The van der Waals surface area contributed by atoms with Crippen LogP contribution in [0.25, 0.3) is 0 Å². The van der Waals surface area contributed by atoms with Gasteiger partial charge in [-0.2, -0.15) is 0 Å². The summed E-state index contributed by atoms with van der Waals surface area (Å²) in [4.78, 5) is 11.4. The largest absolute Gasteiger partial charge is 0.462 e. The van der Waals surface area contributed by atoms with E-state index in [9.17, 15) is 4.79 Å². The van der Waals surface area contributed by atoms with Gasteiger partial charge in [-0.1, -0.05) is 27.7 Å². The van der Waals surface area contributed by atoms with E-state index in [1.54, 1.807) is 0 Å². The molecule has 1 saturated carbocycles. The third kappa shape index (κ3) is 3.05. The summed E-state index contributed by atoms with van der Waals surface area (Å²) in [6.45, 7) is 13.7.